The summed E-state index contributed by atoms with van der Waals surface area (Å²) in [6, 6.07) is 0. The number of aldehydes is 1. The fraction of sp³-hybridized carbons (Fsp3) is 0.333. The third-order valence-electron chi connectivity index (χ3n) is 0.733. The minimum atomic E-state index is -1.36. The monoisotopic (exact) mass is 174 g/mol. The van der Waals surface area contributed by atoms with E-state index in [1.807, 2.05) is 0 Å². The van der Waals surface area contributed by atoms with Gasteiger partial charge in [-0.05, 0) is 0 Å². The minimum absolute atomic E-state index is 0.305. The largest absolute Gasteiger partial charge is 0.516 e. The second-order valence-electron chi connectivity index (χ2n) is 1.67. The molecular weight excluding hydrogens is 168 g/mol. The van der Waals surface area contributed by atoms with Gasteiger partial charge in [0, 0.05) is 6.92 Å². The Bertz CT molecular complexity index is 218. The highest BCUT2D eigenvalue weighted by molar-refractivity contribution is 6.33. The molecule has 0 spiro atoms. The Balaban J connectivity index is 3.76. The van der Waals surface area contributed by atoms with Crippen LogP contribution in [0.1, 0.15) is 6.92 Å². The zero-order chi connectivity index (χ0) is 9.56. The molecule has 0 fully saturated rings. The molecule has 0 saturated heterocycles. The highest BCUT2D eigenvalue weighted by Crippen LogP contribution is 1.86. The van der Waals surface area contributed by atoms with Gasteiger partial charge in [-0.1, -0.05) is 0 Å². The van der Waals surface area contributed by atoms with E-state index < -0.39 is 24.5 Å². The van der Waals surface area contributed by atoms with Crippen LogP contribution in [0.25, 0.3) is 0 Å². The standard InChI is InChI=1S/C6H6O6/c1-4(8)5(9)12-6(10)11-3-2-7/h2H,3H2,1H3. The molecule has 0 aromatic rings. The van der Waals surface area contributed by atoms with E-state index in [9.17, 15) is 19.2 Å². The highest BCUT2D eigenvalue weighted by Gasteiger charge is 2.15. The first-order chi connectivity index (χ1) is 5.57. The van der Waals surface area contributed by atoms with Crippen LogP contribution in [0.2, 0.25) is 0 Å². The molecule has 0 bridgehead atoms. The molecule has 0 radical (unpaired) electrons. The van der Waals surface area contributed by atoms with Gasteiger partial charge in [-0.2, -0.15) is 0 Å². The summed E-state index contributed by atoms with van der Waals surface area (Å²) < 4.78 is 7.82. The highest BCUT2D eigenvalue weighted by atomic mass is 16.7. The summed E-state index contributed by atoms with van der Waals surface area (Å²) >= 11 is 0. The van der Waals surface area contributed by atoms with Crippen molar-refractivity contribution >= 4 is 24.2 Å². The molecule has 66 valence electrons. The first-order valence-electron chi connectivity index (χ1n) is 2.91. The molecule has 0 unspecified atom stereocenters. The number of hydrogen-bond donors (Lipinski definition) is 0. The van der Waals surface area contributed by atoms with Crippen molar-refractivity contribution in [2.75, 3.05) is 6.61 Å². The second kappa shape index (κ2) is 5.00. The minimum Gasteiger partial charge on any atom is -0.426 e. The predicted molar refractivity (Wildman–Crippen MR) is 34.2 cm³/mol. The maximum absolute atomic E-state index is 10.4. The van der Waals surface area contributed by atoms with Crippen LogP contribution in [0.4, 0.5) is 4.79 Å². The van der Waals surface area contributed by atoms with Crippen LogP contribution >= 0.6 is 0 Å². The Labute approximate surface area is 67.4 Å². The third-order valence-corrected chi connectivity index (χ3v) is 0.733. The first-order valence-corrected chi connectivity index (χ1v) is 2.91. The molecule has 6 heteroatoms. The zero-order valence-corrected chi connectivity index (χ0v) is 6.23. The number of rotatable bonds is 3. The van der Waals surface area contributed by atoms with Gasteiger partial charge in [0.15, 0.2) is 12.9 Å². The summed E-state index contributed by atoms with van der Waals surface area (Å²) in [6.45, 7) is 0.430. The van der Waals surface area contributed by atoms with Crippen molar-refractivity contribution in [1.29, 1.82) is 0 Å². The summed E-state index contributed by atoms with van der Waals surface area (Å²) in [5.74, 6) is -2.23. The molecule has 0 N–H and O–H groups in total. The Kier molecular flexibility index (Phi) is 4.28. The molecule has 0 aliphatic carbocycles. The molecule has 0 heterocycles. The maximum Gasteiger partial charge on any atom is 0.516 e. The molecule has 0 atom stereocenters. The lowest BCUT2D eigenvalue weighted by Crippen LogP contribution is -2.19. The van der Waals surface area contributed by atoms with Gasteiger partial charge in [0.1, 0.15) is 0 Å². The van der Waals surface area contributed by atoms with Crippen molar-refractivity contribution in [3.63, 3.8) is 0 Å². The van der Waals surface area contributed by atoms with E-state index in [2.05, 4.69) is 9.47 Å². The molecule has 0 aromatic heterocycles. The van der Waals surface area contributed by atoms with Crippen molar-refractivity contribution in [1.82, 2.24) is 0 Å². The Hall–Kier alpha value is -1.72. The number of ketones is 1. The molecule has 0 aromatic carbocycles. The van der Waals surface area contributed by atoms with Crippen LogP contribution in [0.3, 0.4) is 0 Å². The van der Waals surface area contributed by atoms with Crippen LogP contribution in [-0.4, -0.2) is 30.8 Å². The SMILES string of the molecule is CC(=O)C(=O)OC(=O)OCC=O. The van der Waals surface area contributed by atoms with E-state index in [-0.39, 0.29) is 0 Å². The van der Waals surface area contributed by atoms with Crippen LogP contribution in [0.15, 0.2) is 0 Å². The molecule has 0 rings (SSSR count). The zero-order valence-electron chi connectivity index (χ0n) is 6.23. The lowest BCUT2D eigenvalue weighted by atomic mass is 10.5. The first kappa shape index (κ1) is 10.3. The number of carbonyl (C=O) groups excluding carboxylic acids is 4. The predicted octanol–water partition coefficient (Wildman–Crippen LogP) is -0.546. The average Bonchev–Trinajstić information content (AvgIpc) is 2.00. The van der Waals surface area contributed by atoms with Crippen LogP contribution in [0, 0.1) is 0 Å². The van der Waals surface area contributed by atoms with Crippen molar-refractivity contribution < 1.29 is 28.7 Å². The molecule has 0 aliphatic heterocycles. The van der Waals surface area contributed by atoms with Gasteiger partial charge in [-0.15, -0.1) is 0 Å². The number of hydrogen-bond acceptors (Lipinski definition) is 6. The second-order valence-corrected chi connectivity index (χ2v) is 1.67. The molecule has 12 heavy (non-hydrogen) atoms. The summed E-state index contributed by atoms with van der Waals surface area (Å²) in [4.78, 5) is 40.5. The summed E-state index contributed by atoms with van der Waals surface area (Å²) in [7, 11) is 0. The quantitative estimate of drug-likeness (QED) is 0.247. The molecular formula is C6H6O6. The topological polar surface area (TPSA) is 86.7 Å². The van der Waals surface area contributed by atoms with E-state index in [0.29, 0.717) is 6.29 Å². The van der Waals surface area contributed by atoms with Gasteiger partial charge < -0.3 is 9.47 Å². The number of carbonyl (C=O) groups is 4. The average molecular weight is 174 g/mol. The Morgan fingerprint density at radius 1 is 1.33 bits per heavy atom. The van der Waals surface area contributed by atoms with E-state index in [1.165, 1.54) is 0 Å². The molecule has 6 nitrogen and oxygen atoms in total. The number of Topliss-reactive ketones (excluding diaryl/α,β-unsaturated/α-hetero) is 1. The van der Waals surface area contributed by atoms with Gasteiger partial charge >= 0.3 is 12.1 Å². The molecule has 0 amide bonds. The van der Waals surface area contributed by atoms with Gasteiger partial charge in [-0.25, -0.2) is 9.59 Å². The Morgan fingerprint density at radius 3 is 2.33 bits per heavy atom. The number of esters is 1. The fourth-order valence-electron chi connectivity index (χ4n) is 0.279. The van der Waals surface area contributed by atoms with Crippen LogP contribution in [0.5, 0.6) is 0 Å². The van der Waals surface area contributed by atoms with E-state index in [4.69, 9.17) is 0 Å². The normalized spacial score (nSPS) is 8.42. The lowest BCUT2D eigenvalue weighted by Gasteiger charge is -1.98. The van der Waals surface area contributed by atoms with Gasteiger partial charge in [0.25, 0.3) is 0 Å². The van der Waals surface area contributed by atoms with E-state index >= 15 is 0 Å². The van der Waals surface area contributed by atoms with Gasteiger partial charge in [0.2, 0.25) is 5.78 Å². The van der Waals surface area contributed by atoms with Crippen molar-refractivity contribution in [3.8, 4) is 0 Å². The number of ether oxygens (including phenoxy) is 2. The summed E-state index contributed by atoms with van der Waals surface area (Å²) in [5, 5.41) is 0. The smallest absolute Gasteiger partial charge is 0.426 e. The summed E-state index contributed by atoms with van der Waals surface area (Å²) in [5.41, 5.74) is 0. The fourth-order valence-corrected chi connectivity index (χ4v) is 0.279. The van der Waals surface area contributed by atoms with Crippen LogP contribution < -0.4 is 0 Å². The van der Waals surface area contributed by atoms with E-state index in [1.54, 1.807) is 0 Å². The van der Waals surface area contributed by atoms with Gasteiger partial charge in [-0.3, -0.25) is 9.59 Å². The van der Waals surface area contributed by atoms with E-state index in [0.717, 1.165) is 6.92 Å². The Morgan fingerprint density at radius 2 is 1.92 bits per heavy atom. The maximum atomic E-state index is 10.4. The lowest BCUT2D eigenvalue weighted by molar-refractivity contribution is -0.150. The molecule has 0 aliphatic rings. The van der Waals surface area contributed by atoms with Crippen LogP contribution in [-0.2, 0) is 23.9 Å². The van der Waals surface area contributed by atoms with Crippen molar-refractivity contribution in [3.05, 3.63) is 0 Å². The van der Waals surface area contributed by atoms with Gasteiger partial charge in [0.05, 0.1) is 0 Å². The van der Waals surface area contributed by atoms with Crippen molar-refractivity contribution in [2.24, 2.45) is 0 Å². The van der Waals surface area contributed by atoms with Crippen molar-refractivity contribution in [2.45, 2.75) is 6.92 Å². The third kappa shape index (κ3) is 4.15. The summed E-state index contributed by atoms with van der Waals surface area (Å²) in [6.07, 6.45) is -1.05. The molecule has 0 saturated carbocycles.